The van der Waals surface area contributed by atoms with Crippen molar-refractivity contribution in [2.75, 3.05) is 11.9 Å². The molecule has 2 aromatic heterocycles. The lowest BCUT2D eigenvalue weighted by atomic mass is 10.0. The number of nitrogens with one attached hydrogen (secondary N) is 1. The molecule has 13 heteroatoms. The van der Waals surface area contributed by atoms with Crippen molar-refractivity contribution in [1.82, 2.24) is 9.88 Å². The van der Waals surface area contributed by atoms with Gasteiger partial charge in [-0.1, -0.05) is 42.5 Å². The number of carbonyl (C=O) groups is 1. The molecule has 5 aromatic rings. The molecule has 0 spiro atoms. The van der Waals surface area contributed by atoms with Crippen molar-refractivity contribution in [2.45, 2.75) is 31.9 Å². The number of fused-ring (bicyclic) bond motifs is 2. The van der Waals surface area contributed by atoms with Gasteiger partial charge in [-0.05, 0) is 47.9 Å². The van der Waals surface area contributed by atoms with Crippen LogP contribution in [0.2, 0.25) is 0 Å². The SMILES string of the molecule is Cl.O=C(Nc1sc2c(c1-c1nc3ccccc3s1)CCN(Cc1ccccc1)C2)c1cc(C(F)(F)F)cc(C(F)(F)F)c1. The Labute approximate surface area is 256 Å². The molecule has 1 aliphatic rings. The van der Waals surface area contributed by atoms with Crippen LogP contribution in [-0.2, 0) is 31.9 Å². The number of aromatic nitrogens is 1. The number of amides is 1. The van der Waals surface area contributed by atoms with Gasteiger partial charge in [0.05, 0.1) is 21.3 Å². The Balaban J connectivity index is 0.00000368. The number of anilines is 1. The Kier molecular flexibility index (Phi) is 8.59. The number of hydrogen-bond acceptors (Lipinski definition) is 5. The number of thiophene rings is 1. The molecule has 0 saturated heterocycles. The van der Waals surface area contributed by atoms with Crippen LogP contribution >= 0.6 is 35.1 Å². The molecule has 0 fully saturated rings. The molecule has 0 saturated carbocycles. The highest BCUT2D eigenvalue weighted by atomic mass is 35.5. The van der Waals surface area contributed by atoms with Gasteiger partial charge in [-0.3, -0.25) is 9.69 Å². The fourth-order valence-electron chi connectivity index (χ4n) is 4.99. The summed E-state index contributed by atoms with van der Waals surface area (Å²) in [5.41, 5.74) is -0.298. The standard InChI is InChI=1S/C30H21F6N3OS2.ClH/c31-29(32,33)19-12-18(13-20(14-19)30(34,35)36)26(40)38-28-25(27-37-22-8-4-5-9-23(22)41-27)21-10-11-39(16-24(21)42-28)15-17-6-2-1-3-7-17;/h1-9,12-14H,10-11,15-16H2,(H,38,40);1H. The van der Waals surface area contributed by atoms with Gasteiger partial charge in [-0.2, -0.15) is 26.3 Å². The third kappa shape index (κ3) is 6.57. The number of para-hydroxylation sites is 1. The van der Waals surface area contributed by atoms with Crippen molar-refractivity contribution >= 4 is 56.2 Å². The first-order valence-electron chi connectivity index (χ1n) is 12.8. The summed E-state index contributed by atoms with van der Waals surface area (Å²) in [6, 6.07) is 18.3. The summed E-state index contributed by atoms with van der Waals surface area (Å²) in [5, 5.41) is 3.61. The minimum absolute atomic E-state index is 0. The van der Waals surface area contributed by atoms with Gasteiger partial charge in [-0.25, -0.2) is 4.98 Å². The summed E-state index contributed by atoms with van der Waals surface area (Å²) in [6.07, 6.45) is -9.49. The molecule has 0 bridgehead atoms. The first-order chi connectivity index (χ1) is 20.0. The second-order valence-corrected chi connectivity index (χ2v) is 12.0. The quantitative estimate of drug-likeness (QED) is 0.192. The average Bonchev–Trinajstić information content (AvgIpc) is 3.52. The summed E-state index contributed by atoms with van der Waals surface area (Å²) in [7, 11) is 0. The van der Waals surface area contributed by atoms with Crippen LogP contribution in [0.3, 0.4) is 0 Å². The molecule has 1 N–H and O–H groups in total. The molecule has 4 nitrogen and oxygen atoms in total. The lowest BCUT2D eigenvalue weighted by Gasteiger charge is -2.27. The number of hydrogen-bond donors (Lipinski definition) is 1. The Morgan fingerprint density at radius 2 is 1.53 bits per heavy atom. The molecule has 3 heterocycles. The Bertz CT molecular complexity index is 1720. The van der Waals surface area contributed by atoms with Crippen molar-refractivity contribution < 1.29 is 31.1 Å². The minimum atomic E-state index is -5.06. The molecule has 0 aliphatic carbocycles. The van der Waals surface area contributed by atoms with Crippen LogP contribution in [0.15, 0.2) is 72.8 Å². The van der Waals surface area contributed by atoms with E-state index in [-0.39, 0.29) is 18.5 Å². The highest BCUT2D eigenvalue weighted by molar-refractivity contribution is 7.23. The first kappa shape index (κ1) is 31.0. The summed E-state index contributed by atoms with van der Waals surface area (Å²) in [4.78, 5) is 21.2. The van der Waals surface area contributed by atoms with E-state index in [4.69, 9.17) is 4.98 Å². The van der Waals surface area contributed by atoms with Crippen molar-refractivity contribution in [1.29, 1.82) is 0 Å². The van der Waals surface area contributed by atoms with Crippen molar-refractivity contribution in [2.24, 2.45) is 0 Å². The number of benzene rings is 3. The van der Waals surface area contributed by atoms with E-state index in [1.165, 1.54) is 22.7 Å². The van der Waals surface area contributed by atoms with E-state index in [1.54, 1.807) is 0 Å². The Hall–Kier alpha value is -3.45. The van der Waals surface area contributed by atoms with E-state index in [0.717, 1.165) is 32.8 Å². The fraction of sp³-hybridized carbons (Fsp3) is 0.200. The smallest absolute Gasteiger partial charge is 0.313 e. The molecule has 43 heavy (non-hydrogen) atoms. The highest BCUT2D eigenvalue weighted by Gasteiger charge is 2.38. The Morgan fingerprint density at radius 1 is 0.884 bits per heavy atom. The van der Waals surface area contributed by atoms with E-state index >= 15 is 0 Å². The lowest BCUT2D eigenvalue weighted by Crippen LogP contribution is -2.29. The molecule has 3 aromatic carbocycles. The van der Waals surface area contributed by atoms with E-state index in [1.807, 2.05) is 54.6 Å². The highest BCUT2D eigenvalue weighted by Crippen LogP contribution is 2.46. The van der Waals surface area contributed by atoms with Crippen molar-refractivity contribution in [3.05, 3.63) is 105 Å². The average molecular weight is 654 g/mol. The summed E-state index contributed by atoms with van der Waals surface area (Å²) < 4.78 is 81.6. The van der Waals surface area contributed by atoms with Crippen LogP contribution in [0.25, 0.3) is 20.8 Å². The van der Waals surface area contributed by atoms with Gasteiger partial charge in [0.2, 0.25) is 0 Å². The van der Waals surface area contributed by atoms with E-state index < -0.39 is 35.0 Å². The molecule has 1 aliphatic heterocycles. The largest absolute Gasteiger partial charge is 0.416 e. The molecule has 0 unspecified atom stereocenters. The monoisotopic (exact) mass is 653 g/mol. The molecular weight excluding hydrogens is 632 g/mol. The maximum Gasteiger partial charge on any atom is 0.416 e. The van der Waals surface area contributed by atoms with Crippen LogP contribution in [0, 0.1) is 0 Å². The van der Waals surface area contributed by atoms with Gasteiger partial charge >= 0.3 is 12.4 Å². The van der Waals surface area contributed by atoms with Gasteiger partial charge in [0.15, 0.2) is 0 Å². The van der Waals surface area contributed by atoms with Crippen LogP contribution in [-0.4, -0.2) is 22.3 Å². The van der Waals surface area contributed by atoms with Crippen LogP contribution in [0.1, 0.15) is 37.5 Å². The zero-order valence-corrected chi connectivity index (χ0v) is 24.5. The number of nitrogens with zero attached hydrogens (tertiary/aromatic N) is 2. The predicted molar refractivity (Wildman–Crippen MR) is 159 cm³/mol. The maximum absolute atomic E-state index is 13.5. The van der Waals surface area contributed by atoms with Gasteiger partial charge in [-0.15, -0.1) is 35.1 Å². The number of halogens is 7. The number of thiazole rings is 1. The Morgan fingerprint density at radius 3 is 2.19 bits per heavy atom. The van der Waals surface area contributed by atoms with Crippen molar-refractivity contribution in [3.63, 3.8) is 0 Å². The molecule has 6 rings (SSSR count). The van der Waals surface area contributed by atoms with Crippen molar-refractivity contribution in [3.8, 4) is 10.6 Å². The van der Waals surface area contributed by atoms with Gasteiger partial charge in [0.1, 0.15) is 10.0 Å². The number of rotatable bonds is 5. The second kappa shape index (κ2) is 11.9. The second-order valence-electron chi connectivity index (χ2n) is 9.89. The summed E-state index contributed by atoms with van der Waals surface area (Å²) in [5.74, 6) is -1.06. The zero-order chi connectivity index (χ0) is 29.6. The first-order valence-corrected chi connectivity index (χ1v) is 14.5. The minimum Gasteiger partial charge on any atom is -0.313 e. The molecule has 224 valence electrons. The molecular formula is C30H22ClF6N3OS2. The topological polar surface area (TPSA) is 45.2 Å². The zero-order valence-electron chi connectivity index (χ0n) is 22.1. The van der Waals surface area contributed by atoms with Crippen LogP contribution in [0.4, 0.5) is 31.3 Å². The van der Waals surface area contributed by atoms with Gasteiger partial charge in [0, 0.05) is 35.6 Å². The normalized spacial score (nSPS) is 13.9. The fourth-order valence-corrected chi connectivity index (χ4v) is 7.38. The van der Waals surface area contributed by atoms with Crippen LogP contribution < -0.4 is 5.32 Å². The molecule has 0 atom stereocenters. The predicted octanol–water partition coefficient (Wildman–Crippen LogP) is 9.29. The van der Waals surface area contributed by atoms with Crippen LogP contribution in [0.5, 0.6) is 0 Å². The van der Waals surface area contributed by atoms with E-state index in [9.17, 15) is 31.1 Å². The molecule has 1 amide bonds. The van der Waals surface area contributed by atoms with E-state index in [2.05, 4.69) is 10.2 Å². The third-order valence-corrected chi connectivity index (χ3v) is 9.16. The molecule has 0 radical (unpaired) electrons. The number of carbonyl (C=O) groups excluding carboxylic acids is 1. The summed E-state index contributed by atoms with van der Waals surface area (Å²) >= 11 is 2.69. The lowest BCUT2D eigenvalue weighted by molar-refractivity contribution is -0.143. The summed E-state index contributed by atoms with van der Waals surface area (Å²) in [6.45, 7) is 2.01. The number of alkyl halides is 6. The maximum atomic E-state index is 13.5. The van der Waals surface area contributed by atoms with E-state index in [0.29, 0.717) is 47.2 Å². The third-order valence-electron chi connectivity index (χ3n) is 6.97. The van der Waals surface area contributed by atoms with Gasteiger partial charge in [0.25, 0.3) is 5.91 Å². The van der Waals surface area contributed by atoms with Gasteiger partial charge < -0.3 is 5.32 Å².